The molecule has 1 unspecified atom stereocenters. The zero-order valence-corrected chi connectivity index (χ0v) is 25.3. The van der Waals surface area contributed by atoms with E-state index in [2.05, 4.69) is 20.3 Å². The summed E-state index contributed by atoms with van der Waals surface area (Å²) in [6.07, 6.45) is -0.0354. The molecule has 0 aliphatic rings. The number of aromatic nitrogens is 1. The number of carboxylic acid groups (broad SMARTS) is 1. The number of amides is 2. The summed E-state index contributed by atoms with van der Waals surface area (Å²) in [5, 5.41) is 15.9. The van der Waals surface area contributed by atoms with Gasteiger partial charge in [-0.2, -0.15) is 4.72 Å². The summed E-state index contributed by atoms with van der Waals surface area (Å²) < 4.78 is 29.7. The van der Waals surface area contributed by atoms with Crippen molar-refractivity contribution < 1.29 is 23.1 Å². The molecule has 0 saturated heterocycles. The molecule has 4 aromatic carbocycles. The number of benzene rings is 4. The van der Waals surface area contributed by atoms with Crippen LogP contribution in [0.5, 0.6) is 0 Å². The van der Waals surface area contributed by atoms with E-state index >= 15 is 0 Å². The fraction of sp³-hybridized carbons (Fsp3) is 0.156. The number of carbonyl (C=O) groups excluding carboxylic acids is 1. The normalized spacial score (nSPS) is 12.2. The van der Waals surface area contributed by atoms with E-state index in [-0.39, 0.29) is 11.3 Å². The highest BCUT2D eigenvalue weighted by molar-refractivity contribution is 7.89. The number of aryl methyl sites for hydroxylation is 3. The molecular weight excluding hydrogens is 585 g/mol. The van der Waals surface area contributed by atoms with Gasteiger partial charge in [0.2, 0.25) is 10.0 Å². The summed E-state index contributed by atoms with van der Waals surface area (Å²) in [5.74, 6) is -1.27. The highest BCUT2D eigenvalue weighted by atomic mass is 32.2. The maximum absolute atomic E-state index is 13.2. The second kappa shape index (κ2) is 12.3. The van der Waals surface area contributed by atoms with Crippen LogP contribution in [0.3, 0.4) is 0 Å². The summed E-state index contributed by atoms with van der Waals surface area (Å²) in [6, 6.07) is 23.9. The molecule has 0 fully saturated rings. The molecule has 5 aromatic rings. The van der Waals surface area contributed by atoms with E-state index in [4.69, 9.17) is 0 Å². The Balaban J connectivity index is 1.26. The van der Waals surface area contributed by atoms with Crippen LogP contribution in [0.15, 0.2) is 89.8 Å². The van der Waals surface area contributed by atoms with E-state index in [0.29, 0.717) is 27.5 Å². The predicted molar refractivity (Wildman–Crippen MR) is 170 cm³/mol. The fourth-order valence-corrected chi connectivity index (χ4v) is 7.55. The number of carboxylic acids is 1. The average Bonchev–Trinajstić information content (AvgIpc) is 3.34. The van der Waals surface area contributed by atoms with Gasteiger partial charge in [0, 0.05) is 5.69 Å². The van der Waals surface area contributed by atoms with Gasteiger partial charge in [-0.05, 0) is 79.3 Å². The van der Waals surface area contributed by atoms with Gasteiger partial charge in [-0.15, -0.1) is 0 Å². The molecule has 0 aliphatic carbocycles. The van der Waals surface area contributed by atoms with Gasteiger partial charge < -0.3 is 10.4 Å². The summed E-state index contributed by atoms with van der Waals surface area (Å²) in [5.41, 5.74) is 5.79. The van der Waals surface area contributed by atoms with Crippen LogP contribution in [0, 0.1) is 20.8 Å². The molecule has 0 radical (unpaired) electrons. The molecule has 43 heavy (non-hydrogen) atoms. The molecule has 0 bridgehead atoms. The number of anilines is 2. The largest absolute Gasteiger partial charge is 0.480 e. The lowest BCUT2D eigenvalue weighted by atomic mass is 10.0. The topological polar surface area (TPSA) is 137 Å². The first kappa shape index (κ1) is 29.9. The number of hydrogen-bond donors (Lipinski definition) is 4. The molecule has 0 spiro atoms. The summed E-state index contributed by atoms with van der Waals surface area (Å²) in [6.45, 7) is 5.27. The molecule has 9 nitrogen and oxygen atoms in total. The van der Waals surface area contributed by atoms with Gasteiger partial charge in [-0.1, -0.05) is 77.6 Å². The van der Waals surface area contributed by atoms with Crippen molar-refractivity contribution >= 4 is 54.4 Å². The van der Waals surface area contributed by atoms with E-state index < -0.39 is 28.1 Å². The van der Waals surface area contributed by atoms with Gasteiger partial charge in [0.25, 0.3) is 0 Å². The van der Waals surface area contributed by atoms with Gasteiger partial charge in [-0.3, -0.25) is 10.1 Å². The number of carbonyl (C=O) groups is 2. The molecule has 0 saturated carbocycles. The molecule has 1 heterocycles. The zero-order valence-electron chi connectivity index (χ0n) is 23.7. The lowest BCUT2D eigenvalue weighted by Gasteiger charge is -2.18. The minimum Gasteiger partial charge on any atom is -0.480 e. The zero-order chi connectivity index (χ0) is 30.7. The van der Waals surface area contributed by atoms with E-state index in [0.717, 1.165) is 26.9 Å². The Hall–Kier alpha value is -4.58. The monoisotopic (exact) mass is 614 g/mol. The predicted octanol–water partition coefficient (Wildman–Crippen LogP) is 6.51. The molecule has 1 atom stereocenters. The lowest BCUT2D eigenvalue weighted by molar-refractivity contribution is -0.138. The number of sulfonamides is 1. The number of thiazole rings is 1. The fourth-order valence-electron chi connectivity index (χ4n) is 5.05. The molecule has 5 rings (SSSR count). The Bertz CT molecular complexity index is 1880. The smallest absolute Gasteiger partial charge is 0.325 e. The lowest BCUT2D eigenvalue weighted by Crippen LogP contribution is -2.42. The summed E-state index contributed by atoms with van der Waals surface area (Å²) >= 11 is 1.39. The first-order valence-corrected chi connectivity index (χ1v) is 15.7. The summed E-state index contributed by atoms with van der Waals surface area (Å²) in [7, 11) is -4.07. The maximum Gasteiger partial charge on any atom is 0.325 e. The third-order valence-corrected chi connectivity index (χ3v) is 9.56. The van der Waals surface area contributed by atoms with Crippen LogP contribution in [-0.2, 0) is 21.2 Å². The third-order valence-electron chi connectivity index (χ3n) is 6.83. The van der Waals surface area contributed by atoms with Crippen LogP contribution in [0.25, 0.3) is 21.3 Å². The second-order valence-corrected chi connectivity index (χ2v) is 13.0. The molecule has 2 amide bonds. The maximum atomic E-state index is 13.2. The number of para-hydroxylation sites is 1. The van der Waals surface area contributed by atoms with Crippen LogP contribution in [0.1, 0.15) is 22.3 Å². The van der Waals surface area contributed by atoms with Crippen molar-refractivity contribution in [2.45, 2.75) is 38.1 Å². The van der Waals surface area contributed by atoms with Crippen LogP contribution in [0.2, 0.25) is 0 Å². The molecule has 1 aromatic heterocycles. The SMILES string of the molecule is Cc1cc(C)c(S(=O)(=O)NC(Cc2ccc(-c3cccc(NC(=O)Nc4nc5ccccc5s4)c3)cc2)C(=O)O)c(C)c1. The van der Waals surface area contributed by atoms with E-state index in [1.165, 1.54) is 11.3 Å². The van der Waals surface area contributed by atoms with Crippen LogP contribution in [-0.4, -0.2) is 36.6 Å². The number of aliphatic carboxylic acids is 1. The van der Waals surface area contributed by atoms with Crippen molar-refractivity contribution in [3.63, 3.8) is 0 Å². The van der Waals surface area contributed by atoms with E-state index in [1.807, 2.05) is 61.5 Å². The number of urea groups is 1. The Morgan fingerprint density at radius 3 is 2.23 bits per heavy atom. The van der Waals surface area contributed by atoms with Crippen LogP contribution in [0.4, 0.5) is 15.6 Å². The Morgan fingerprint density at radius 2 is 1.56 bits per heavy atom. The molecule has 4 N–H and O–H groups in total. The van der Waals surface area contributed by atoms with Crippen molar-refractivity contribution in [3.8, 4) is 11.1 Å². The van der Waals surface area contributed by atoms with Crippen molar-refractivity contribution in [2.75, 3.05) is 10.6 Å². The van der Waals surface area contributed by atoms with Gasteiger partial charge in [0.05, 0.1) is 15.1 Å². The number of rotatable bonds is 9. The Labute approximate surface area is 253 Å². The standard InChI is InChI=1S/C32H30N4O5S2/c1-19-15-20(2)29(21(3)16-19)43(40,41)36-27(30(37)38)17-22-11-13-23(14-12-22)24-7-6-8-25(18-24)33-31(39)35-32-34-26-9-4-5-10-28(26)42-32/h4-16,18,27,36H,17H2,1-3H3,(H,37,38)(H2,33,34,35,39). The molecule has 11 heteroatoms. The van der Waals surface area contributed by atoms with Crippen molar-refractivity contribution in [1.29, 1.82) is 0 Å². The summed E-state index contributed by atoms with van der Waals surface area (Å²) in [4.78, 5) is 29.2. The number of nitrogens with zero attached hydrogens (tertiary/aromatic N) is 1. The number of fused-ring (bicyclic) bond motifs is 1. The van der Waals surface area contributed by atoms with Crippen LogP contribution < -0.4 is 15.4 Å². The molecule has 220 valence electrons. The van der Waals surface area contributed by atoms with Gasteiger partial charge >= 0.3 is 12.0 Å². The van der Waals surface area contributed by atoms with E-state index in [9.17, 15) is 23.1 Å². The average molecular weight is 615 g/mol. The van der Waals surface area contributed by atoms with Crippen molar-refractivity contribution in [3.05, 3.63) is 107 Å². The third kappa shape index (κ3) is 7.08. The highest BCUT2D eigenvalue weighted by Crippen LogP contribution is 2.27. The Kier molecular flexibility index (Phi) is 8.58. The number of nitrogens with one attached hydrogen (secondary N) is 3. The van der Waals surface area contributed by atoms with Gasteiger partial charge in [0.1, 0.15) is 6.04 Å². The number of hydrogen-bond acceptors (Lipinski definition) is 6. The minimum absolute atomic E-state index is 0.0354. The quantitative estimate of drug-likeness (QED) is 0.149. The van der Waals surface area contributed by atoms with Crippen molar-refractivity contribution in [2.24, 2.45) is 0 Å². The van der Waals surface area contributed by atoms with Crippen molar-refractivity contribution in [1.82, 2.24) is 9.71 Å². The van der Waals surface area contributed by atoms with Gasteiger partial charge in [0.15, 0.2) is 5.13 Å². The van der Waals surface area contributed by atoms with E-state index in [1.54, 1.807) is 44.2 Å². The van der Waals surface area contributed by atoms with Crippen LogP contribution >= 0.6 is 11.3 Å². The molecular formula is C32H30N4O5S2. The second-order valence-electron chi connectivity index (χ2n) is 10.3. The van der Waals surface area contributed by atoms with Gasteiger partial charge in [-0.25, -0.2) is 18.2 Å². The first-order valence-electron chi connectivity index (χ1n) is 13.4. The minimum atomic E-state index is -4.07. The highest BCUT2D eigenvalue weighted by Gasteiger charge is 2.28. The first-order chi connectivity index (χ1) is 20.5. The Morgan fingerprint density at radius 1 is 0.860 bits per heavy atom. The molecule has 0 aliphatic heterocycles.